The fourth-order valence-corrected chi connectivity index (χ4v) is 1.31. The van der Waals surface area contributed by atoms with E-state index >= 15 is 0 Å². The maximum atomic E-state index is 12.5. The van der Waals surface area contributed by atoms with Crippen molar-refractivity contribution in [3.63, 3.8) is 0 Å². The first kappa shape index (κ1) is 11.0. The first-order valence-electron chi connectivity index (χ1n) is 3.72. The Morgan fingerprint density at radius 2 is 2.29 bits per heavy atom. The fourth-order valence-electron chi connectivity index (χ4n) is 1.02. The van der Waals surface area contributed by atoms with E-state index in [9.17, 15) is 13.6 Å². The second-order valence-electron chi connectivity index (χ2n) is 2.51. The van der Waals surface area contributed by atoms with Crippen molar-refractivity contribution in [1.29, 1.82) is 0 Å². The maximum absolute atomic E-state index is 12.5. The van der Waals surface area contributed by atoms with Gasteiger partial charge < -0.3 is 5.73 Å². The first-order chi connectivity index (χ1) is 6.61. The molecule has 1 aromatic heterocycles. The predicted octanol–water partition coefficient (Wildman–Crippen LogP) is 1.94. The van der Waals surface area contributed by atoms with Gasteiger partial charge in [0.25, 0.3) is 6.43 Å². The molecule has 0 radical (unpaired) electrons. The number of carbonyl (C=O) groups excluding carboxylic acids is 1. The number of nitrogens with two attached hydrogens (primary N) is 1. The van der Waals surface area contributed by atoms with Gasteiger partial charge in [-0.15, -0.1) is 0 Å². The van der Waals surface area contributed by atoms with Crippen LogP contribution in [-0.2, 0) is 6.54 Å². The third-order valence-electron chi connectivity index (χ3n) is 1.70. The average Bonchev–Trinajstić information content (AvgIpc) is 2.16. The highest BCUT2D eigenvalue weighted by Gasteiger charge is 2.19. The molecule has 3 nitrogen and oxygen atoms in total. The fraction of sp³-hybridized carbons (Fsp3) is 0.250. The molecule has 0 fully saturated rings. The van der Waals surface area contributed by atoms with Gasteiger partial charge in [-0.05, 0) is 0 Å². The summed E-state index contributed by atoms with van der Waals surface area (Å²) >= 11 is 5.58. The summed E-state index contributed by atoms with van der Waals surface area (Å²) in [7, 11) is 0. The van der Waals surface area contributed by atoms with Crippen LogP contribution >= 0.6 is 11.6 Å². The molecule has 6 heteroatoms. The zero-order chi connectivity index (χ0) is 10.7. The van der Waals surface area contributed by atoms with Crippen molar-refractivity contribution in [2.24, 2.45) is 5.73 Å². The molecule has 0 amide bonds. The third kappa shape index (κ3) is 1.88. The van der Waals surface area contributed by atoms with Crippen LogP contribution in [0.4, 0.5) is 8.78 Å². The molecule has 0 saturated heterocycles. The molecule has 0 saturated carbocycles. The van der Waals surface area contributed by atoms with Crippen molar-refractivity contribution in [3.8, 4) is 0 Å². The minimum absolute atomic E-state index is 0.00981. The summed E-state index contributed by atoms with van der Waals surface area (Å²) in [5, 5.41) is -0.273. The maximum Gasteiger partial charge on any atom is 0.267 e. The highest BCUT2D eigenvalue weighted by molar-refractivity contribution is 6.33. The van der Waals surface area contributed by atoms with Gasteiger partial charge in [0.2, 0.25) is 0 Å². The predicted molar refractivity (Wildman–Crippen MR) is 47.5 cm³/mol. The first-order valence-corrected chi connectivity index (χ1v) is 4.10. The molecule has 0 unspecified atom stereocenters. The summed E-state index contributed by atoms with van der Waals surface area (Å²) in [6.45, 7) is -0.140. The SMILES string of the molecule is NCc1ncc(C=O)c(Cl)c1C(F)F. The zero-order valence-electron chi connectivity index (χ0n) is 7.01. The molecule has 0 aliphatic rings. The van der Waals surface area contributed by atoms with Crippen LogP contribution < -0.4 is 5.73 Å². The molecule has 0 bridgehead atoms. The second-order valence-corrected chi connectivity index (χ2v) is 2.89. The summed E-state index contributed by atoms with van der Waals surface area (Å²) in [6, 6.07) is 0. The molecule has 1 heterocycles. The van der Waals surface area contributed by atoms with Gasteiger partial charge in [-0.3, -0.25) is 9.78 Å². The monoisotopic (exact) mass is 220 g/mol. The van der Waals surface area contributed by atoms with Crippen LogP contribution in [0.25, 0.3) is 0 Å². The van der Waals surface area contributed by atoms with Crippen LogP contribution in [0.1, 0.15) is 28.0 Å². The Morgan fingerprint density at radius 3 is 2.71 bits per heavy atom. The molecule has 2 N–H and O–H groups in total. The van der Waals surface area contributed by atoms with E-state index in [1.165, 1.54) is 0 Å². The lowest BCUT2D eigenvalue weighted by Gasteiger charge is -2.09. The van der Waals surface area contributed by atoms with Gasteiger partial charge in [0.15, 0.2) is 6.29 Å². The van der Waals surface area contributed by atoms with Gasteiger partial charge in [-0.25, -0.2) is 8.78 Å². The minimum atomic E-state index is -2.78. The number of aldehydes is 1. The van der Waals surface area contributed by atoms with Gasteiger partial charge in [-0.1, -0.05) is 11.6 Å². The topological polar surface area (TPSA) is 56.0 Å². The Labute approximate surface area is 83.9 Å². The molecule has 0 aromatic carbocycles. The number of carbonyl (C=O) groups is 1. The van der Waals surface area contributed by atoms with E-state index in [4.69, 9.17) is 17.3 Å². The van der Waals surface area contributed by atoms with E-state index in [1.807, 2.05) is 0 Å². The van der Waals surface area contributed by atoms with Gasteiger partial charge >= 0.3 is 0 Å². The van der Waals surface area contributed by atoms with Gasteiger partial charge in [-0.2, -0.15) is 0 Å². The Kier molecular flexibility index (Phi) is 3.49. The van der Waals surface area contributed by atoms with Crippen LogP contribution in [0.15, 0.2) is 6.20 Å². The van der Waals surface area contributed by atoms with Crippen LogP contribution in [-0.4, -0.2) is 11.3 Å². The lowest BCUT2D eigenvalue weighted by atomic mass is 10.1. The smallest absolute Gasteiger partial charge is 0.267 e. The summed E-state index contributed by atoms with van der Waals surface area (Å²) in [4.78, 5) is 14.0. The highest BCUT2D eigenvalue weighted by atomic mass is 35.5. The van der Waals surface area contributed by atoms with Gasteiger partial charge in [0.1, 0.15) is 0 Å². The second kappa shape index (κ2) is 4.43. The van der Waals surface area contributed by atoms with Crippen LogP contribution in [0.5, 0.6) is 0 Å². The molecule has 1 rings (SSSR count). The highest BCUT2D eigenvalue weighted by Crippen LogP contribution is 2.30. The lowest BCUT2D eigenvalue weighted by Crippen LogP contribution is -2.07. The van der Waals surface area contributed by atoms with Crippen LogP contribution in [0.2, 0.25) is 5.02 Å². The average molecular weight is 221 g/mol. The molecule has 14 heavy (non-hydrogen) atoms. The normalized spacial score (nSPS) is 10.6. The van der Waals surface area contributed by atoms with Crippen LogP contribution in [0.3, 0.4) is 0 Å². The molecule has 0 aliphatic heterocycles. The van der Waals surface area contributed by atoms with Crippen molar-refractivity contribution in [2.75, 3.05) is 0 Å². The van der Waals surface area contributed by atoms with E-state index in [0.29, 0.717) is 6.29 Å². The number of pyridine rings is 1. The summed E-state index contributed by atoms with van der Waals surface area (Å²) in [5.41, 5.74) is 4.70. The zero-order valence-corrected chi connectivity index (χ0v) is 7.76. The number of nitrogens with zero attached hydrogens (tertiary/aromatic N) is 1. The number of hydrogen-bond donors (Lipinski definition) is 1. The summed E-state index contributed by atoms with van der Waals surface area (Å²) in [6.07, 6.45) is -1.28. The van der Waals surface area contributed by atoms with Crippen molar-refractivity contribution >= 4 is 17.9 Å². The van der Waals surface area contributed by atoms with E-state index in [2.05, 4.69) is 4.98 Å². The van der Waals surface area contributed by atoms with E-state index < -0.39 is 12.0 Å². The molecule has 1 aromatic rings. The van der Waals surface area contributed by atoms with Gasteiger partial charge in [0.05, 0.1) is 21.8 Å². The Balaban J connectivity index is 3.38. The number of alkyl halides is 2. The van der Waals surface area contributed by atoms with Crippen molar-refractivity contribution in [2.45, 2.75) is 13.0 Å². The minimum Gasteiger partial charge on any atom is -0.325 e. The molecule has 0 aliphatic carbocycles. The van der Waals surface area contributed by atoms with Gasteiger partial charge in [0, 0.05) is 12.7 Å². The number of rotatable bonds is 3. The molecule has 76 valence electrons. The van der Waals surface area contributed by atoms with Crippen molar-refractivity contribution < 1.29 is 13.6 Å². The largest absolute Gasteiger partial charge is 0.325 e. The summed E-state index contributed by atoms with van der Waals surface area (Å²) in [5.74, 6) is 0. The van der Waals surface area contributed by atoms with Crippen molar-refractivity contribution in [3.05, 3.63) is 28.0 Å². The summed E-state index contributed by atoms with van der Waals surface area (Å²) < 4.78 is 25.0. The molecular formula is C8H7ClF2N2O. The van der Waals surface area contributed by atoms with E-state index in [0.717, 1.165) is 6.20 Å². The molecule has 0 atom stereocenters. The number of aromatic nitrogens is 1. The molecule has 0 spiro atoms. The third-order valence-corrected chi connectivity index (χ3v) is 2.12. The number of halogens is 3. The Hall–Kier alpha value is -1.07. The van der Waals surface area contributed by atoms with Crippen molar-refractivity contribution in [1.82, 2.24) is 4.98 Å². The Morgan fingerprint density at radius 1 is 1.64 bits per heavy atom. The molecular weight excluding hydrogens is 214 g/mol. The van der Waals surface area contributed by atoms with E-state index in [1.54, 1.807) is 0 Å². The quantitative estimate of drug-likeness (QED) is 0.792. The lowest BCUT2D eigenvalue weighted by molar-refractivity contribution is 0.112. The number of hydrogen-bond acceptors (Lipinski definition) is 3. The van der Waals surface area contributed by atoms with E-state index in [-0.39, 0.29) is 22.8 Å². The Bertz CT molecular complexity index is 357. The van der Waals surface area contributed by atoms with Crippen LogP contribution in [0, 0.1) is 0 Å². The standard InChI is InChI=1S/C8H7ClF2N2O/c9-7-4(3-14)2-13-5(1-12)6(7)8(10)11/h2-3,8H,1,12H2.